The molecule has 0 aromatic rings. The maximum Gasteiger partial charge on any atom is 0.223 e. The van der Waals surface area contributed by atoms with E-state index in [0.29, 0.717) is 6.42 Å². The van der Waals surface area contributed by atoms with E-state index >= 15 is 0 Å². The third-order valence-electron chi connectivity index (χ3n) is 3.47. The Morgan fingerprint density at radius 1 is 1.29 bits per heavy atom. The van der Waals surface area contributed by atoms with Gasteiger partial charge < -0.3 is 4.90 Å². The number of hydrogen-bond acceptors (Lipinski definition) is 2. The van der Waals surface area contributed by atoms with Gasteiger partial charge in [-0.25, -0.2) is 0 Å². The maximum atomic E-state index is 11.9. The number of amides is 1. The van der Waals surface area contributed by atoms with E-state index in [-0.39, 0.29) is 11.9 Å². The fourth-order valence-electron chi connectivity index (χ4n) is 2.40. The smallest absolute Gasteiger partial charge is 0.223 e. The van der Waals surface area contributed by atoms with Gasteiger partial charge in [0.15, 0.2) is 0 Å². The van der Waals surface area contributed by atoms with Crippen LogP contribution in [0.4, 0.5) is 0 Å². The molecule has 0 aromatic carbocycles. The summed E-state index contributed by atoms with van der Waals surface area (Å²) in [4.78, 5) is 13.6. The molecular weight excluding hydrogens is 212 g/mol. The topological polar surface area (TPSA) is 44.1 Å². The summed E-state index contributed by atoms with van der Waals surface area (Å²) in [6, 6.07) is 2.07. The van der Waals surface area contributed by atoms with Crippen LogP contribution in [0, 0.1) is 11.3 Å². The number of rotatable bonds is 7. The molecule has 0 spiro atoms. The molecule has 1 rings (SSSR count). The van der Waals surface area contributed by atoms with Crippen LogP contribution in [0.25, 0.3) is 0 Å². The number of carbonyl (C=O) groups excluding carboxylic acids is 1. The lowest BCUT2D eigenvalue weighted by Gasteiger charge is -2.19. The fourth-order valence-corrected chi connectivity index (χ4v) is 2.40. The second-order valence-corrected chi connectivity index (χ2v) is 4.89. The number of nitriles is 1. The first-order valence-corrected chi connectivity index (χ1v) is 6.98. The quantitative estimate of drug-likeness (QED) is 0.637. The van der Waals surface area contributed by atoms with Gasteiger partial charge in [-0.1, -0.05) is 39.0 Å². The predicted octanol–water partition coefficient (Wildman–Crippen LogP) is 3.25. The molecule has 3 heteroatoms. The molecule has 1 atom stereocenters. The second kappa shape index (κ2) is 8.11. The molecule has 3 nitrogen and oxygen atoms in total. The fraction of sp³-hybridized carbons (Fsp3) is 0.857. The van der Waals surface area contributed by atoms with Gasteiger partial charge in [0.2, 0.25) is 5.91 Å². The van der Waals surface area contributed by atoms with Crippen LogP contribution in [0.1, 0.15) is 64.7 Å². The van der Waals surface area contributed by atoms with Crippen LogP contribution in [0.2, 0.25) is 0 Å². The van der Waals surface area contributed by atoms with Crippen molar-refractivity contribution in [1.82, 2.24) is 4.90 Å². The van der Waals surface area contributed by atoms with Crippen molar-refractivity contribution in [3.63, 3.8) is 0 Å². The van der Waals surface area contributed by atoms with Gasteiger partial charge in [-0.05, 0) is 19.3 Å². The minimum absolute atomic E-state index is 0.150. The molecule has 1 heterocycles. The summed E-state index contributed by atoms with van der Waals surface area (Å²) < 4.78 is 0. The summed E-state index contributed by atoms with van der Waals surface area (Å²) in [5, 5.41) is 8.91. The molecule has 1 aliphatic heterocycles. The first kappa shape index (κ1) is 14.0. The van der Waals surface area contributed by atoms with Gasteiger partial charge in [-0.15, -0.1) is 0 Å². The van der Waals surface area contributed by atoms with Crippen molar-refractivity contribution in [2.24, 2.45) is 0 Å². The Hall–Kier alpha value is -1.04. The van der Waals surface area contributed by atoms with Crippen molar-refractivity contribution in [3.05, 3.63) is 0 Å². The van der Waals surface area contributed by atoms with Crippen LogP contribution in [-0.4, -0.2) is 23.4 Å². The molecule has 0 aromatic heterocycles. The Labute approximate surface area is 105 Å². The SMILES string of the molecule is CCCCCCCCC(=O)N1CCCC1C#N. The molecule has 1 fully saturated rings. The molecule has 0 aliphatic carbocycles. The number of likely N-dealkylation sites (tertiary alicyclic amines) is 1. The Morgan fingerprint density at radius 2 is 2.00 bits per heavy atom. The zero-order valence-corrected chi connectivity index (χ0v) is 11.0. The van der Waals surface area contributed by atoms with Crippen LogP contribution >= 0.6 is 0 Å². The number of unbranched alkanes of at least 4 members (excludes halogenated alkanes) is 5. The summed E-state index contributed by atoms with van der Waals surface area (Å²) in [7, 11) is 0. The van der Waals surface area contributed by atoms with Crippen molar-refractivity contribution in [1.29, 1.82) is 5.26 Å². The summed E-state index contributed by atoms with van der Waals surface area (Å²) in [6.07, 6.45) is 9.70. The summed E-state index contributed by atoms with van der Waals surface area (Å²) in [6.45, 7) is 2.99. The molecule has 96 valence electrons. The molecule has 0 saturated carbocycles. The van der Waals surface area contributed by atoms with E-state index in [1.807, 2.05) is 0 Å². The molecule has 1 unspecified atom stereocenters. The highest BCUT2D eigenvalue weighted by molar-refractivity contribution is 5.77. The van der Waals surface area contributed by atoms with Crippen LogP contribution in [0.3, 0.4) is 0 Å². The van der Waals surface area contributed by atoms with Gasteiger partial charge >= 0.3 is 0 Å². The van der Waals surface area contributed by atoms with E-state index in [9.17, 15) is 4.79 Å². The first-order chi connectivity index (χ1) is 8.29. The van der Waals surface area contributed by atoms with Gasteiger partial charge in [0, 0.05) is 13.0 Å². The summed E-state index contributed by atoms with van der Waals surface area (Å²) in [5.74, 6) is 0.185. The first-order valence-electron chi connectivity index (χ1n) is 6.98. The van der Waals surface area contributed by atoms with Crippen molar-refractivity contribution in [2.75, 3.05) is 6.54 Å². The number of carbonyl (C=O) groups is 1. The standard InChI is InChI=1S/C14H24N2O/c1-2-3-4-5-6-7-10-14(17)16-11-8-9-13(16)12-15/h13H,2-11H2,1H3. The number of nitrogens with zero attached hydrogens (tertiary/aromatic N) is 2. The van der Waals surface area contributed by atoms with E-state index < -0.39 is 0 Å². The van der Waals surface area contributed by atoms with Crippen molar-refractivity contribution >= 4 is 5.91 Å². The monoisotopic (exact) mass is 236 g/mol. The minimum atomic E-state index is -0.150. The van der Waals surface area contributed by atoms with Crippen LogP contribution < -0.4 is 0 Å². The Bertz CT molecular complexity index is 270. The predicted molar refractivity (Wildman–Crippen MR) is 68.3 cm³/mol. The molecule has 1 amide bonds. The highest BCUT2D eigenvalue weighted by Gasteiger charge is 2.27. The van der Waals surface area contributed by atoms with Crippen molar-refractivity contribution in [2.45, 2.75) is 70.8 Å². The molecule has 0 radical (unpaired) electrons. The Kier molecular flexibility index (Phi) is 6.69. The van der Waals surface area contributed by atoms with Gasteiger partial charge in [-0.3, -0.25) is 4.79 Å². The van der Waals surface area contributed by atoms with Gasteiger partial charge in [0.25, 0.3) is 0 Å². The second-order valence-electron chi connectivity index (χ2n) is 4.89. The van der Waals surface area contributed by atoms with Crippen LogP contribution in [0.15, 0.2) is 0 Å². The lowest BCUT2D eigenvalue weighted by Crippen LogP contribution is -2.34. The minimum Gasteiger partial charge on any atom is -0.327 e. The van der Waals surface area contributed by atoms with Crippen molar-refractivity contribution < 1.29 is 4.79 Å². The highest BCUT2D eigenvalue weighted by atomic mass is 16.2. The lowest BCUT2D eigenvalue weighted by atomic mass is 10.1. The Morgan fingerprint density at radius 3 is 2.71 bits per heavy atom. The number of hydrogen-bond donors (Lipinski definition) is 0. The van der Waals surface area contributed by atoms with E-state index in [4.69, 9.17) is 5.26 Å². The largest absolute Gasteiger partial charge is 0.327 e. The maximum absolute atomic E-state index is 11.9. The molecule has 1 saturated heterocycles. The van der Waals surface area contributed by atoms with Gasteiger partial charge in [-0.2, -0.15) is 5.26 Å². The van der Waals surface area contributed by atoms with E-state index in [0.717, 1.165) is 32.2 Å². The lowest BCUT2D eigenvalue weighted by molar-refractivity contribution is -0.131. The third-order valence-corrected chi connectivity index (χ3v) is 3.47. The zero-order chi connectivity index (χ0) is 12.5. The van der Waals surface area contributed by atoms with Crippen LogP contribution in [-0.2, 0) is 4.79 Å². The average Bonchev–Trinajstić information content (AvgIpc) is 2.81. The molecule has 17 heavy (non-hydrogen) atoms. The normalized spacial score (nSPS) is 19.3. The third kappa shape index (κ3) is 4.77. The summed E-state index contributed by atoms with van der Waals surface area (Å²) >= 11 is 0. The van der Waals surface area contributed by atoms with E-state index in [1.54, 1.807) is 4.90 Å². The molecule has 0 N–H and O–H groups in total. The Balaban J connectivity index is 2.11. The molecule has 1 aliphatic rings. The van der Waals surface area contributed by atoms with E-state index in [2.05, 4.69) is 13.0 Å². The van der Waals surface area contributed by atoms with Crippen LogP contribution in [0.5, 0.6) is 0 Å². The van der Waals surface area contributed by atoms with E-state index in [1.165, 1.54) is 25.7 Å². The molecule has 0 bridgehead atoms. The zero-order valence-electron chi connectivity index (χ0n) is 11.0. The average molecular weight is 236 g/mol. The van der Waals surface area contributed by atoms with Gasteiger partial charge in [0.05, 0.1) is 6.07 Å². The highest BCUT2D eigenvalue weighted by Crippen LogP contribution is 2.18. The van der Waals surface area contributed by atoms with Gasteiger partial charge in [0.1, 0.15) is 6.04 Å². The molecular formula is C14H24N2O. The van der Waals surface area contributed by atoms with Crippen molar-refractivity contribution in [3.8, 4) is 6.07 Å². The summed E-state index contributed by atoms with van der Waals surface area (Å²) in [5.41, 5.74) is 0.